The maximum absolute atomic E-state index is 12.3. The molecular formula is C34H40N2O6S. The number of rotatable bonds is 14. The molecule has 228 valence electrons. The number of benzene rings is 4. The predicted octanol–water partition coefficient (Wildman–Crippen LogP) is 6.17. The first-order valence-corrected chi connectivity index (χ1v) is 15.2. The Morgan fingerprint density at radius 2 is 0.837 bits per heavy atom. The van der Waals surface area contributed by atoms with Gasteiger partial charge in [0.2, 0.25) is 10.0 Å². The van der Waals surface area contributed by atoms with Crippen LogP contribution in [0.2, 0.25) is 0 Å². The topological polar surface area (TPSA) is 86.3 Å². The Labute approximate surface area is 255 Å². The summed E-state index contributed by atoms with van der Waals surface area (Å²) >= 11 is 0. The van der Waals surface area contributed by atoms with Crippen molar-refractivity contribution in [2.24, 2.45) is 0 Å². The first-order chi connectivity index (χ1) is 20.8. The molecule has 4 aromatic carbocycles. The number of hydrogen-bond donors (Lipinski definition) is 1. The Bertz CT molecular complexity index is 1390. The molecule has 0 amide bonds. The Hall–Kier alpha value is -4.31. The number of methoxy groups -OCH3 is 4. The maximum Gasteiger partial charge on any atom is 0.236 e. The number of sulfonamides is 1. The highest BCUT2D eigenvalue weighted by molar-refractivity contribution is 7.91. The molecule has 0 radical (unpaired) electrons. The van der Waals surface area contributed by atoms with Gasteiger partial charge < -0.3 is 24.3 Å². The molecule has 0 spiro atoms. The SMILES string of the molecule is C=CS(=O)(=O)N(Cc1ccc(OC)cc1)Cc1ccc(OC)cc1.COc1ccc(CNCc2ccc(OC)cc2)cc1. The van der Waals surface area contributed by atoms with Gasteiger partial charge in [-0.15, -0.1) is 0 Å². The summed E-state index contributed by atoms with van der Waals surface area (Å²) in [6, 6.07) is 30.8. The van der Waals surface area contributed by atoms with E-state index < -0.39 is 10.0 Å². The van der Waals surface area contributed by atoms with Crippen LogP contribution in [-0.2, 0) is 36.2 Å². The molecule has 0 unspecified atom stereocenters. The first kappa shape index (κ1) is 33.2. The summed E-state index contributed by atoms with van der Waals surface area (Å²) in [6.07, 6.45) is 0. The molecule has 0 aliphatic heterocycles. The van der Waals surface area contributed by atoms with Crippen molar-refractivity contribution in [3.8, 4) is 23.0 Å². The highest BCUT2D eigenvalue weighted by Crippen LogP contribution is 2.20. The van der Waals surface area contributed by atoms with Gasteiger partial charge in [0, 0.05) is 31.6 Å². The van der Waals surface area contributed by atoms with E-state index in [4.69, 9.17) is 18.9 Å². The quantitative estimate of drug-likeness (QED) is 0.184. The fourth-order valence-electron chi connectivity index (χ4n) is 4.05. The van der Waals surface area contributed by atoms with Gasteiger partial charge >= 0.3 is 0 Å². The van der Waals surface area contributed by atoms with E-state index in [9.17, 15) is 8.42 Å². The van der Waals surface area contributed by atoms with E-state index in [2.05, 4.69) is 36.2 Å². The molecule has 1 N–H and O–H groups in total. The molecule has 0 bridgehead atoms. The van der Waals surface area contributed by atoms with Crippen LogP contribution >= 0.6 is 0 Å². The molecular weight excluding hydrogens is 564 g/mol. The van der Waals surface area contributed by atoms with Crippen molar-refractivity contribution in [3.63, 3.8) is 0 Å². The summed E-state index contributed by atoms with van der Waals surface area (Å²) in [6.45, 7) is 5.62. The zero-order valence-corrected chi connectivity index (χ0v) is 26.0. The summed E-state index contributed by atoms with van der Waals surface area (Å²) in [5.41, 5.74) is 4.23. The molecule has 0 atom stereocenters. The van der Waals surface area contributed by atoms with Crippen molar-refractivity contribution < 1.29 is 27.4 Å². The molecule has 9 heteroatoms. The van der Waals surface area contributed by atoms with Crippen LogP contribution < -0.4 is 24.3 Å². The summed E-state index contributed by atoms with van der Waals surface area (Å²) in [4.78, 5) is 0. The van der Waals surface area contributed by atoms with Gasteiger partial charge in [-0.25, -0.2) is 8.42 Å². The third-order valence-electron chi connectivity index (χ3n) is 6.58. The van der Waals surface area contributed by atoms with Crippen LogP contribution in [-0.4, -0.2) is 41.2 Å². The highest BCUT2D eigenvalue weighted by atomic mass is 32.2. The molecule has 0 aromatic heterocycles. The van der Waals surface area contributed by atoms with E-state index in [1.54, 1.807) is 52.7 Å². The maximum atomic E-state index is 12.3. The fraction of sp³-hybridized carbons (Fsp3) is 0.235. The van der Waals surface area contributed by atoms with Crippen LogP contribution in [0.25, 0.3) is 0 Å². The summed E-state index contributed by atoms with van der Waals surface area (Å²) in [7, 11) is 2.98. The Morgan fingerprint density at radius 3 is 1.09 bits per heavy atom. The molecule has 4 aromatic rings. The Kier molecular flexibility index (Phi) is 13.1. The zero-order chi connectivity index (χ0) is 31.1. The molecule has 0 aliphatic carbocycles. The van der Waals surface area contributed by atoms with Gasteiger partial charge in [0.25, 0.3) is 0 Å². The summed E-state index contributed by atoms with van der Waals surface area (Å²) in [5.74, 6) is 3.23. The molecule has 0 heterocycles. The zero-order valence-electron chi connectivity index (χ0n) is 25.2. The van der Waals surface area contributed by atoms with E-state index in [-0.39, 0.29) is 13.1 Å². The van der Waals surface area contributed by atoms with Crippen LogP contribution in [0.1, 0.15) is 22.3 Å². The van der Waals surface area contributed by atoms with Gasteiger partial charge in [-0.3, -0.25) is 0 Å². The second kappa shape index (κ2) is 17.0. The number of ether oxygens (including phenoxy) is 4. The van der Waals surface area contributed by atoms with Gasteiger partial charge in [-0.1, -0.05) is 55.1 Å². The lowest BCUT2D eigenvalue weighted by atomic mass is 10.2. The van der Waals surface area contributed by atoms with E-state index in [0.717, 1.165) is 52.6 Å². The third kappa shape index (κ3) is 10.8. The van der Waals surface area contributed by atoms with Crippen LogP contribution in [0.4, 0.5) is 0 Å². The van der Waals surface area contributed by atoms with Crippen molar-refractivity contribution in [2.45, 2.75) is 26.2 Å². The lowest BCUT2D eigenvalue weighted by Crippen LogP contribution is -2.28. The van der Waals surface area contributed by atoms with Gasteiger partial charge in [0.15, 0.2) is 0 Å². The van der Waals surface area contributed by atoms with Gasteiger partial charge in [-0.2, -0.15) is 4.31 Å². The smallest absolute Gasteiger partial charge is 0.236 e. The number of nitrogens with one attached hydrogen (secondary N) is 1. The Morgan fingerprint density at radius 1 is 0.558 bits per heavy atom. The van der Waals surface area contributed by atoms with Crippen LogP contribution in [0.5, 0.6) is 23.0 Å². The van der Waals surface area contributed by atoms with Crippen molar-refractivity contribution >= 4 is 10.0 Å². The largest absolute Gasteiger partial charge is 0.497 e. The Balaban J connectivity index is 0.000000242. The molecule has 0 saturated carbocycles. The average Bonchev–Trinajstić information content (AvgIpc) is 3.06. The average molecular weight is 605 g/mol. The van der Waals surface area contributed by atoms with Crippen molar-refractivity contribution in [3.05, 3.63) is 131 Å². The summed E-state index contributed by atoms with van der Waals surface area (Å²) < 4.78 is 46.5. The van der Waals surface area contributed by atoms with Crippen molar-refractivity contribution in [1.29, 1.82) is 0 Å². The number of hydrogen-bond acceptors (Lipinski definition) is 7. The van der Waals surface area contributed by atoms with Gasteiger partial charge in [0.05, 0.1) is 28.4 Å². The van der Waals surface area contributed by atoms with Crippen LogP contribution in [0, 0.1) is 0 Å². The van der Waals surface area contributed by atoms with E-state index in [1.807, 2.05) is 48.5 Å². The lowest BCUT2D eigenvalue weighted by Gasteiger charge is -2.20. The van der Waals surface area contributed by atoms with Gasteiger partial charge in [-0.05, 0) is 70.8 Å². The first-order valence-electron chi connectivity index (χ1n) is 13.6. The monoisotopic (exact) mass is 604 g/mol. The predicted molar refractivity (Wildman–Crippen MR) is 171 cm³/mol. The van der Waals surface area contributed by atoms with E-state index in [0.29, 0.717) is 0 Å². The van der Waals surface area contributed by atoms with Crippen molar-refractivity contribution in [2.75, 3.05) is 28.4 Å². The number of nitrogens with zero attached hydrogens (tertiary/aromatic N) is 1. The molecule has 0 fully saturated rings. The minimum Gasteiger partial charge on any atom is -0.497 e. The normalized spacial score (nSPS) is 10.8. The second-order valence-electron chi connectivity index (χ2n) is 9.48. The standard InChI is InChI=1S/C18H21NO4S.C16H19NO2/c1-4-24(20,21)19(13-15-5-9-17(22-2)10-6-15)14-16-7-11-18(23-3)12-8-16;1-18-15-7-3-13(4-8-15)11-17-12-14-5-9-16(19-2)10-6-14/h4-12H,1,13-14H2,2-3H3;3-10,17H,11-12H2,1-2H3. The van der Waals surface area contributed by atoms with E-state index >= 15 is 0 Å². The van der Waals surface area contributed by atoms with Crippen molar-refractivity contribution in [1.82, 2.24) is 9.62 Å². The molecule has 4 rings (SSSR count). The molecule has 8 nitrogen and oxygen atoms in total. The van der Waals surface area contributed by atoms with Gasteiger partial charge in [0.1, 0.15) is 23.0 Å². The van der Waals surface area contributed by atoms with Crippen LogP contribution in [0.3, 0.4) is 0 Å². The van der Waals surface area contributed by atoms with E-state index in [1.165, 1.54) is 15.4 Å². The molecule has 0 aliphatic rings. The minimum atomic E-state index is -3.55. The third-order valence-corrected chi connectivity index (χ3v) is 7.98. The van der Waals surface area contributed by atoms with Crippen LogP contribution in [0.15, 0.2) is 109 Å². The second-order valence-corrected chi connectivity index (χ2v) is 11.4. The molecule has 0 saturated heterocycles. The minimum absolute atomic E-state index is 0.254. The highest BCUT2D eigenvalue weighted by Gasteiger charge is 2.19. The molecule has 43 heavy (non-hydrogen) atoms. The summed E-state index contributed by atoms with van der Waals surface area (Å²) in [5, 5.41) is 4.38. The lowest BCUT2D eigenvalue weighted by molar-refractivity contribution is 0.402. The fourth-order valence-corrected chi connectivity index (χ4v) is 4.92.